The Morgan fingerprint density at radius 1 is 1.38 bits per heavy atom. The molecule has 1 amide bonds. The molecule has 0 aliphatic carbocycles. The van der Waals surface area contributed by atoms with E-state index < -0.39 is 5.82 Å². The molecule has 5 heteroatoms. The molecular formula is C16H14FN3O. The van der Waals surface area contributed by atoms with Crippen molar-refractivity contribution in [2.75, 3.05) is 11.9 Å². The lowest BCUT2D eigenvalue weighted by molar-refractivity contribution is 0.102. The van der Waals surface area contributed by atoms with Gasteiger partial charge < -0.3 is 11.1 Å². The van der Waals surface area contributed by atoms with Crippen molar-refractivity contribution < 1.29 is 9.18 Å². The van der Waals surface area contributed by atoms with Gasteiger partial charge in [-0.05, 0) is 36.8 Å². The van der Waals surface area contributed by atoms with E-state index in [0.717, 1.165) is 5.56 Å². The molecule has 2 aromatic rings. The van der Waals surface area contributed by atoms with Gasteiger partial charge in [-0.15, -0.1) is 0 Å². The number of aromatic nitrogens is 1. The summed E-state index contributed by atoms with van der Waals surface area (Å²) >= 11 is 0. The molecule has 0 atom stereocenters. The van der Waals surface area contributed by atoms with Gasteiger partial charge in [0, 0.05) is 18.1 Å². The van der Waals surface area contributed by atoms with Crippen molar-refractivity contribution in [3.63, 3.8) is 0 Å². The van der Waals surface area contributed by atoms with Crippen LogP contribution in [0.2, 0.25) is 0 Å². The maximum atomic E-state index is 13.8. The molecule has 3 N–H and O–H groups in total. The number of hydrogen-bond donors (Lipinski definition) is 2. The van der Waals surface area contributed by atoms with Crippen LogP contribution in [0.1, 0.15) is 21.5 Å². The molecule has 0 fully saturated rings. The number of halogens is 1. The number of aryl methyl sites for hydroxylation is 1. The highest BCUT2D eigenvalue weighted by molar-refractivity contribution is 6.04. The highest BCUT2D eigenvalue weighted by Gasteiger charge is 2.08. The van der Waals surface area contributed by atoms with Crippen molar-refractivity contribution in [2.45, 2.75) is 6.92 Å². The van der Waals surface area contributed by atoms with E-state index in [9.17, 15) is 9.18 Å². The van der Waals surface area contributed by atoms with Gasteiger partial charge in [0.05, 0.1) is 17.7 Å². The molecule has 1 heterocycles. The first-order valence-corrected chi connectivity index (χ1v) is 6.31. The van der Waals surface area contributed by atoms with E-state index in [-0.39, 0.29) is 18.0 Å². The van der Waals surface area contributed by atoms with E-state index in [4.69, 9.17) is 5.73 Å². The molecule has 0 unspecified atom stereocenters. The van der Waals surface area contributed by atoms with Gasteiger partial charge in [-0.3, -0.25) is 9.78 Å². The van der Waals surface area contributed by atoms with Crippen LogP contribution in [0.15, 0.2) is 36.7 Å². The quantitative estimate of drug-likeness (QED) is 0.829. The molecule has 1 aromatic carbocycles. The molecular weight excluding hydrogens is 269 g/mol. The van der Waals surface area contributed by atoms with Gasteiger partial charge in [-0.25, -0.2) is 4.39 Å². The van der Waals surface area contributed by atoms with Crippen molar-refractivity contribution in [3.05, 3.63) is 59.2 Å². The third kappa shape index (κ3) is 3.88. The van der Waals surface area contributed by atoms with E-state index in [1.807, 2.05) is 6.92 Å². The van der Waals surface area contributed by atoms with Crippen LogP contribution in [0.3, 0.4) is 0 Å². The van der Waals surface area contributed by atoms with Gasteiger partial charge in [0.1, 0.15) is 5.82 Å². The Labute approximate surface area is 122 Å². The van der Waals surface area contributed by atoms with Crippen LogP contribution in [0.5, 0.6) is 0 Å². The first-order valence-electron chi connectivity index (χ1n) is 6.31. The number of nitrogens with zero attached hydrogens (tertiary/aromatic N) is 1. The summed E-state index contributed by atoms with van der Waals surface area (Å²) in [6.07, 6.45) is 3.11. The summed E-state index contributed by atoms with van der Waals surface area (Å²) in [4.78, 5) is 16.0. The monoisotopic (exact) mass is 283 g/mol. The molecule has 2 rings (SSSR count). The molecule has 0 spiro atoms. The molecule has 0 bridgehead atoms. The lowest BCUT2D eigenvalue weighted by atomic mass is 10.1. The van der Waals surface area contributed by atoms with Gasteiger partial charge in [0.25, 0.3) is 5.91 Å². The van der Waals surface area contributed by atoms with Gasteiger partial charge in [-0.1, -0.05) is 11.8 Å². The Hall–Kier alpha value is -2.71. The number of hydrogen-bond acceptors (Lipinski definition) is 3. The van der Waals surface area contributed by atoms with Crippen LogP contribution in [0.4, 0.5) is 10.1 Å². The van der Waals surface area contributed by atoms with Crippen molar-refractivity contribution in [1.29, 1.82) is 0 Å². The molecule has 106 valence electrons. The second-order valence-corrected chi connectivity index (χ2v) is 4.41. The number of nitrogens with two attached hydrogens (primary N) is 1. The predicted molar refractivity (Wildman–Crippen MR) is 79.3 cm³/mol. The molecule has 0 aliphatic heterocycles. The highest BCUT2D eigenvalue weighted by atomic mass is 19.1. The first-order chi connectivity index (χ1) is 10.1. The summed E-state index contributed by atoms with van der Waals surface area (Å²) in [5, 5.41) is 2.62. The fraction of sp³-hybridized carbons (Fsp3) is 0.125. The summed E-state index contributed by atoms with van der Waals surface area (Å²) in [6.45, 7) is 2.01. The van der Waals surface area contributed by atoms with Crippen molar-refractivity contribution in [2.24, 2.45) is 5.73 Å². The SMILES string of the molecule is Cc1cncc(C(=O)Nc2ccc(C#CCN)c(F)c2)c1. The van der Waals surface area contributed by atoms with Gasteiger partial charge >= 0.3 is 0 Å². The Kier molecular flexibility index (Phi) is 4.64. The fourth-order valence-corrected chi connectivity index (χ4v) is 1.72. The molecule has 0 aliphatic rings. The van der Waals surface area contributed by atoms with E-state index in [0.29, 0.717) is 11.3 Å². The smallest absolute Gasteiger partial charge is 0.257 e. The standard InChI is InChI=1S/C16H14FN3O/c1-11-7-13(10-19-9-11)16(21)20-14-5-4-12(3-2-6-18)15(17)8-14/h4-5,7-10H,6,18H2,1H3,(H,20,21). The third-order valence-electron chi connectivity index (χ3n) is 2.69. The zero-order valence-corrected chi connectivity index (χ0v) is 11.5. The molecule has 0 saturated carbocycles. The van der Waals surface area contributed by atoms with Crippen LogP contribution >= 0.6 is 0 Å². The van der Waals surface area contributed by atoms with Gasteiger partial charge in [0.2, 0.25) is 0 Å². The average Bonchev–Trinajstić information content (AvgIpc) is 2.46. The summed E-state index contributed by atoms with van der Waals surface area (Å²) in [6, 6.07) is 6.02. The maximum absolute atomic E-state index is 13.8. The minimum absolute atomic E-state index is 0.165. The van der Waals surface area contributed by atoms with Crippen LogP contribution in [-0.4, -0.2) is 17.4 Å². The Morgan fingerprint density at radius 2 is 2.19 bits per heavy atom. The Balaban J connectivity index is 2.17. The van der Waals surface area contributed by atoms with E-state index in [2.05, 4.69) is 22.1 Å². The molecule has 0 saturated heterocycles. The summed E-state index contributed by atoms with van der Waals surface area (Å²) < 4.78 is 13.8. The molecule has 1 aromatic heterocycles. The second-order valence-electron chi connectivity index (χ2n) is 4.41. The van der Waals surface area contributed by atoms with E-state index in [1.165, 1.54) is 18.3 Å². The van der Waals surface area contributed by atoms with E-state index in [1.54, 1.807) is 18.3 Å². The van der Waals surface area contributed by atoms with Crippen molar-refractivity contribution in [3.8, 4) is 11.8 Å². The van der Waals surface area contributed by atoms with E-state index >= 15 is 0 Å². The zero-order chi connectivity index (χ0) is 15.2. The number of amides is 1. The van der Waals surface area contributed by atoms with Crippen LogP contribution < -0.4 is 11.1 Å². The van der Waals surface area contributed by atoms with Crippen LogP contribution in [-0.2, 0) is 0 Å². The molecule has 0 radical (unpaired) electrons. The van der Waals surface area contributed by atoms with Crippen molar-refractivity contribution >= 4 is 11.6 Å². The largest absolute Gasteiger partial charge is 0.322 e. The summed E-state index contributed by atoms with van der Waals surface area (Å²) in [5.74, 6) is 4.35. The lowest BCUT2D eigenvalue weighted by Gasteiger charge is -2.06. The Bertz CT molecular complexity index is 732. The first kappa shape index (κ1) is 14.7. The minimum atomic E-state index is -0.504. The number of rotatable bonds is 2. The third-order valence-corrected chi connectivity index (χ3v) is 2.69. The zero-order valence-electron chi connectivity index (χ0n) is 11.5. The van der Waals surface area contributed by atoms with Gasteiger partial charge in [-0.2, -0.15) is 0 Å². The van der Waals surface area contributed by atoms with Gasteiger partial charge in [0.15, 0.2) is 0 Å². The number of benzene rings is 1. The topological polar surface area (TPSA) is 68.0 Å². The molecule has 21 heavy (non-hydrogen) atoms. The number of carbonyl (C=O) groups excluding carboxylic acids is 1. The highest BCUT2D eigenvalue weighted by Crippen LogP contribution is 2.15. The number of carbonyl (C=O) groups is 1. The Morgan fingerprint density at radius 3 is 2.86 bits per heavy atom. The predicted octanol–water partition coefficient (Wildman–Crippen LogP) is 2.09. The average molecular weight is 283 g/mol. The van der Waals surface area contributed by atoms with Crippen LogP contribution in [0.25, 0.3) is 0 Å². The lowest BCUT2D eigenvalue weighted by Crippen LogP contribution is -2.12. The number of nitrogens with one attached hydrogen (secondary N) is 1. The second kappa shape index (κ2) is 6.64. The maximum Gasteiger partial charge on any atom is 0.257 e. The summed E-state index contributed by atoms with van der Waals surface area (Å²) in [7, 11) is 0. The van der Waals surface area contributed by atoms with Crippen LogP contribution in [0, 0.1) is 24.6 Å². The van der Waals surface area contributed by atoms with Crippen molar-refractivity contribution in [1.82, 2.24) is 4.98 Å². The normalized spacial score (nSPS) is 9.67. The minimum Gasteiger partial charge on any atom is -0.322 e. The summed E-state index contributed by atoms with van der Waals surface area (Å²) in [5.41, 5.74) is 7.14. The number of anilines is 1. The molecule has 4 nitrogen and oxygen atoms in total. The number of pyridine rings is 1. The fourth-order valence-electron chi connectivity index (χ4n) is 1.72.